The molecule has 1 aromatic heterocycles. The molecule has 0 radical (unpaired) electrons. The molecule has 152 valence electrons. The number of sulfonamides is 1. The molecular weight excluding hydrogens is 400 g/mol. The van der Waals surface area contributed by atoms with Crippen LogP contribution in [0.25, 0.3) is 0 Å². The van der Waals surface area contributed by atoms with Gasteiger partial charge in [0.05, 0.1) is 11.5 Å². The molecule has 2 heterocycles. The molecule has 8 nitrogen and oxygen atoms in total. The molecule has 2 N–H and O–H groups in total. The quantitative estimate of drug-likeness (QED) is 0.698. The van der Waals surface area contributed by atoms with Gasteiger partial charge in [-0.1, -0.05) is 6.92 Å². The van der Waals surface area contributed by atoms with E-state index in [0.29, 0.717) is 36.9 Å². The van der Waals surface area contributed by atoms with E-state index in [1.165, 1.54) is 39.9 Å². The lowest BCUT2D eigenvalue weighted by molar-refractivity contribution is 0.0881. The first-order chi connectivity index (χ1) is 13.5. The van der Waals surface area contributed by atoms with Gasteiger partial charge < -0.3 is 5.11 Å². The highest BCUT2D eigenvalue weighted by Gasteiger charge is 2.30. The number of benzene rings is 1. The average Bonchev–Trinajstić information content (AvgIpc) is 3.22. The van der Waals surface area contributed by atoms with Crippen molar-refractivity contribution in [3.05, 3.63) is 41.4 Å². The zero-order chi connectivity index (χ0) is 20.1. The van der Waals surface area contributed by atoms with Crippen LogP contribution in [0.3, 0.4) is 0 Å². The molecule has 0 aliphatic carbocycles. The summed E-state index contributed by atoms with van der Waals surface area (Å²) in [6.07, 6.45) is 2.42. The molecule has 0 bridgehead atoms. The Hall–Kier alpha value is -1.85. The molecule has 1 aromatic carbocycles. The first-order valence-corrected chi connectivity index (χ1v) is 11.4. The summed E-state index contributed by atoms with van der Waals surface area (Å²) in [6, 6.07) is 6.00. The van der Waals surface area contributed by atoms with E-state index in [1.807, 2.05) is 6.92 Å². The van der Waals surface area contributed by atoms with Gasteiger partial charge in [-0.2, -0.15) is 4.31 Å². The number of piperazine rings is 1. The Bertz CT molecular complexity index is 873. The first kappa shape index (κ1) is 20.9. The van der Waals surface area contributed by atoms with Crippen LogP contribution >= 0.6 is 11.3 Å². The highest BCUT2D eigenvalue weighted by molar-refractivity contribution is 7.89. The minimum absolute atomic E-state index is 0.0699. The second kappa shape index (κ2) is 9.10. The molecule has 1 aliphatic heterocycles. The Morgan fingerprint density at radius 2 is 1.93 bits per heavy atom. The second-order valence-corrected chi connectivity index (χ2v) is 9.33. The summed E-state index contributed by atoms with van der Waals surface area (Å²) >= 11 is 1.31. The summed E-state index contributed by atoms with van der Waals surface area (Å²) in [4.78, 5) is 18.5. The molecule has 1 fully saturated rings. The lowest BCUT2D eigenvalue weighted by Gasteiger charge is -2.37. The number of nitrogens with zero attached hydrogens (tertiary/aromatic N) is 3. The van der Waals surface area contributed by atoms with Crippen LogP contribution in [0.5, 0.6) is 0 Å². The maximum atomic E-state index is 12.9. The van der Waals surface area contributed by atoms with E-state index in [-0.39, 0.29) is 23.5 Å². The van der Waals surface area contributed by atoms with Crippen LogP contribution in [0, 0.1) is 0 Å². The molecule has 1 atom stereocenters. The van der Waals surface area contributed by atoms with E-state index < -0.39 is 10.0 Å². The largest absolute Gasteiger partial charge is 0.395 e. The van der Waals surface area contributed by atoms with Crippen molar-refractivity contribution in [1.29, 1.82) is 0 Å². The molecule has 1 saturated heterocycles. The fraction of sp³-hybridized carbons (Fsp3) is 0.444. The summed E-state index contributed by atoms with van der Waals surface area (Å²) in [5, 5.41) is 14.3. The van der Waals surface area contributed by atoms with Crippen molar-refractivity contribution in [3.63, 3.8) is 0 Å². The number of aromatic nitrogens is 1. The summed E-state index contributed by atoms with van der Waals surface area (Å²) in [5.41, 5.74) is 0.368. The van der Waals surface area contributed by atoms with Gasteiger partial charge in [0.25, 0.3) is 5.91 Å². The van der Waals surface area contributed by atoms with Crippen molar-refractivity contribution in [1.82, 2.24) is 14.2 Å². The minimum Gasteiger partial charge on any atom is -0.395 e. The fourth-order valence-electron chi connectivity index (χ4n) is 3.19. The number of amides is 1. The number of thiazole rings is 1. The molecule has 10 heteroatoms. The Labute approximate surface area is 168 Å². The van der Waals surface area contributed by atoms with Crippen molar-refractivity contribution in [2.24, 2.45) is 0 Å². The molecule has 3 rings (SSSR count). The number of hydrogen-bond acceptors (Lipinski definition) is 7. The zero-order valence-electron chi connectivity index (χ0n) is 15.6. The monoisotopic (exact) mass is 424 g/mol. The van der Waals surface area contributed by atoms with Gasteiger partial charge in [0, 0.05) is 49.4 Å². The maximum absolute atomic E-state index is 12.9. The SMILES string of the molecule is CC[C@@H](CO)N1CCN(S(=O)(=O)c2ccc(C(=O)Nc3nccs3)cc2)CC1. The van der Waals surface area contributed by atoms with E-state index in [9.17, 15) is 18.3 Å². The van der Waals surface area contributed by atoms with Crippen molar-refractivity contribution >= 4 is 32.4 Å². The average molecular weight is 425 g/mol. The van der Waals surface area contributed by atoms with Crippen LogP contribution < -0.4 is 5.32 Å². The van der Waals surface area contributed by atoms with Crippen LogP contribution in [0.4, 0.5) is 5.13 Å². The van der Waals surface area contributed by atoms with Gasteiger partial charge in [-0.15, -0.1) is 11.3 Å². The molecule has 1 amide bonds. The van der Waals surface area contributed by atoms with Gasteiger partial charge >= 0.3 is 0 Å². The van der Waals surface area contributed by atoms with Crippen LogP contribution in [-0.4, -0.2) is 72.4 Å². The van der Waals surface area contributed by atoms with Crippen molar-refractivity contribution in [2.75, 3.05) is 38.1 Å². The van der Waals surface area contributed by atoms with E-state index in [0.717, 1.165) is 6.42 Å². The number of carbonyl (C=O) groups is 1. The smallest absolute Gasteiger partial charge is 0.257 e. The second-order valence-electron chi connectivity index (χ2n) is 6.50. The number of aliphatic hydroxyl groups is 1. The van der Waals surface area contributed by atoms with Gasteiger partial charge in [0.15, 0.2) is 5.13 Å². The van der Waals surface area contributed by atoms with Crippen LogP contribution in [-0.2, 0) is 10.0 Å². The number of aliphatic hydroxyl groups excluding tert-OH is 1. The highest BCUT2D eigenvalue weighted by Crippen LogP contribution is 2.20. The topological polar surface area (TPSA) is 103 Å². The molecular formula is C18H24N4O4S2. The van der Waals surface area contributed by atoms with Gasteiger partial charge in [-0.05, 0) is 30.7 Å². The predicted molar refractivity (Wildman–Crippen MR) is 108 cm³/mol. The van der Waals surface area contributed by atoms with E-state index in [4.69, 9.17) is 0 Å². The van der Waals surface area contributed by atoms with Crippen LogP contribution in [0.1, 0.15) is 23.7 Å². The standard InChI is InChI=1S/C18H24N4O4S2/c1-2-15(13-23)21-8-10-22(11-9-21)28(25,26)16-5-3-14(4-6-16)17(24)20-18-19-7-12-27-18/h3-7,12,15,23H,2,8-11,13H2,1H3,(H,19,20,24)/t15-/m0/s1. The van der Waals surface area contributed by atoms with Crippen molar-refractivity contribution in [2.45, 2.75) is 24.3 Å². The number of nitrogens with one attached hydrogen (secondary N) is 1. The lowest BCUT2D eigenvalue weighted by Crippen LogP contribution is -2.52. The fourth-order valence-corrected chi connectivity index (χ4v) is 5.14. The van der Waals surface area contributed by atoms with Gasteiger partial charge in [-0.25, -0.2) is 13.4 Å². The number of hydrogen-bond donors (Lipinski definition) is 2. The molecule has 0 saturated carbocycles. The number of rotatable bonds is 7. The third-order valence-electron chi connectivity index (χ3n) is 4.88. The van der Waals surface area contributed by atoms with Crippen molar-refractivity contribution in [3.8, 4) is 0 Å². The van der Waals surface area contributed by atoms with E-state index in [2.05, 4.69) is 15.2 Å². The Kier molecular flexibility index (Phi) is 6.78. The Morgan fingerprint density at radius 1 is 1.25 bits per heavy atom. The summed E-state index contributed by atoms with van der Waals surface area (Å²) in [6.45, 7) is 4.03. The molecule has 2 aromatic rings. The number of carbonyl (C=O) groups excluding carboxylic acids is 1. The summed E-state index contributed by atoms with van der Waals surface area (Å²) < 4.78 is 27.2. The van der Waals surface area contributed by atoms with Gasteiger partial charge in [0.1, 0.15) is 0 Å². The lowest BCUT2D eigenvalue weighted by atomic mass is 10.2. The van der Waals surface area contributed by atoms with Crippen LogP contribution in [0.15, 0.2) is 40.7 Å². The minimum atomic E-state index is -3.61. The van der Waals surface area contributed by atoms with Crippen molar-refractivity contribution < 1.29 is 18.3 Å². The normalized spacial score (nSPS) is 17.4. The molecule has 0 spiro atoms. The molecule has 0 unspecified atom stereocenters. The first-order valence-electron chi connectivity index (χ1n) is 9.11. The number of anilines is 1. The van der Waals surface area contributed by atoms with E-state index in [1.54, 1.807) is 11.6 Å². The van der Waals surface area contributed by atoms with Crippen LogP contribution in [0.2, 0.25) is 0 Å². The molecule has 28 heavy (non-hydrogen) atoms. The summed E-state index contributed by atoms with van der Waals surface area (Å²) in [5.74, 6) is -0.331. The molecule has 1 aliphatic rings. The third-order valence-corrected chi connectivity index (χ3v) is 7.48. The zero-order valence-corrected chi connectivity index (χ0v) is 17.2. The third kappa shape index (κ3) is 4.58. The van der Waals surface area contributed by atoms with Gasteiger partial charge in [-0.3, -0.25) is 15.0 Å². The highest BCUT2D eigenvalue weighted by atomic mass is 32.2. The summed E-state index contributed by atoms with van der Waals surface area (Å²) in [7, 11) is -3.61. The van der Waals surface area contributed by atoms with E-state index >= 15 is 0 Å². The van der Waals surface area contributed by atoms with Gasteiger partial charge in [0.2, 0.25) is 10.0 Å². The predicted octanol–water partition coefficient (Wildman–Crippen LogP) is 1.47. The maximum Gasteiger partial charge on any atom is 0.257 e. The Balaban J connectivity index is 1.65. The Morgan fingerprint density at radius 3 is 2.46 bits per heavy atom.